The van der Waals surface area contributed by atoms with E-state index in [2.05, 4.69) is 41.8 Å². The van der Waals surface area contributed by atoms with Crippen LogP contribution in [-0.2, 0) is 7.05 Å². The minimum atomic E-state index is -0.142. The van der Waals surface area contributed by atoms with Crippen molar-refractivity contribution in [1.82, 2.24) is 35.3 Å². The topological polar surface area (TPSA) is 73.5 Å². The van der Waals surface area contributed by atoms with Gasteiger partial charge in [0.15, 0.2) is 4.60 Å². The molecule has 0 aliphatic heterocycles. The Kier molecular flexibility index (Phi) is 3.80. The normalized spacial score (nSPS) is 12.5. The molecule has 21 heavy (non-hydrogen) atoms. The van der Waals surface area contributed by atoms with Gasteiger partial charge in [-0.3, -0.25) is 0 Å². The highest BCUT2D eigenvalue weighted by atomic mass is 79.9. The van der Waals surface area contributed by atoms with Gasteiger partial charge in [-0.25, -0.2) is 4.68 Å². The number of nitrogens with one attached hydrogen (secondary N) is 1. The third kappa shape index (κ3) is 2.59. The van der Waals surface area contributed by atoms with Crippen LogP contribution in [0.5, 0.6) is 0 Å². The fraction of sp³-hybridized carbons (Fsp3) is 0.231. The van der Waals surface area contributed by atoms with Crippen LogP contribution in [0.1, 0.15) is 17.4 Å². The molecule has 108 valence electrons. The molecule has 0 amide bonds. The molecule has 2 aromatic heterocycles. The van der Waals surface area contributed by atoms with E-state index in [1.807, 2.05) is 44.4 Å². The highest BCUT2D eigenvalue weighted by Crippen LogP contribution is 2.25. The molecule has 0 bridgehead atoms. The zero-order valence-corrected chi connectivity index (χ0v) is 13.2. The lowest BCUT2D eigenvalue weighted by Gasteiger charge is -2.13. The third-order valence-electron chi connectivity index (χ3n) is 3.18. The van der Waals surface area contributed by atoms with Crippen LogP contribution in [0.25, 0.3) is 5.69 Å². The van der Waals surface area contributed by atoms with Crippen molar-refractivity contribution >= 4 is 15.9 Å². The maximum Gasteiger partial charge on any atom is 0.153 e. The van der Waals surface area contributed by atoms with E-state index < -0.39 is 0 Å². The van der Waals surface area contributed by atoms with E-state index in [0.29, 0.717) is 4.60 Å². The van der Waals surface area contributed by atoms with E-state index in [9.17, 15) is 0 Å². The molecular formula is C13H14BrN7. The van der Waals surface area contributed by atoms with E-state index in [0.717, 1.165) is 17.1 Å². The summed E-state index contributed by atoms with van der Waals surface area (Å²) in [6, 6.07) is 9.64. The van der Waals surface area contributed by atoms with Crippen LogP contribution in [0.4, 0.5) is 0 Å². The Labute approximate surface area is 130 Å². The summed E-state index contributed by atoms with van der Waals surface area (Å²) >= 11 is 3.42. The number of benzene rings is 1. The Hall–Kier alpha value is -2.06. The molecule has 0 saturated carbocycles. The monoisotopic (exact) mass is 347 g/mol. The summed E-state index contributed by atoms with van der Waals surface area (Å²) in [6.45, 7) is 0. The molecule has 8 heteroatoms. The Bertz CT molecular complexity index is 715. The summed E-state index contributed by atoms with van der Waals surface area (Å²) in [6.07, 6.45) is 1.74. The first-order chi connectivity index (χ1) is 10.2. The molecule has 0 aliphatic rings. The number of aryl methyl sites for hydroxylation is 1. The SMILES string of the molecule is CNC(c1cnn(-c2ccccc2)n1)c1c(Br)nnn1C. The van der Waals surface area contributed by atoms with Gasteiger partial charge in [0, 0.05) is 7.05 Å². The number of halogens is 1. The van der Waals surface area contributed by atoms with Gasteiger partial charge < -0.3 is 5.32 Å². The van der Waals surface area contributed by atoms with Crippen molar-refractivity contribution in [2.24, 2.45) is 7.05 Å². The Balaban J connectivity index is 1.98. The van der Waals surface area contributed by atoms with Crippen LogP contribution >= 0.6 is 15.9 Å². The summed E-state index contributed by atoms with van der Waals surface area (Å²) in [4.78, 5) is 1.61. The zero-order valence-electron chi connectivity index (χ0n) is 11.6. The molecule has 3 rings (SSSR count). The van der Waals surface area contributed by atoms with Crippen LogP contribution in [0.15, 0.2) is 41.1 Å². The zero-order chi connectivity index (χ0) is 14.8. The van der Waals surface area contributed by atoms with Gasteiger partial charge in [0.1, 0.15) is 5.69 Å². The maximum absolute atomic E-state index is 4.54. The first kappa shape index (κ1) is 13.9. The minimum Gasteiger partial charge on any atom is -0.307 e. The Morgan fingerprint density at radius 2 is 2.00 bits per heavy atom. The predicted octanol–water partition coefficient (Wildman–Crippen LogP) is 1.47. The fourth-order valence-corrected chi connectivity index (χ4v) is 2.72. The van der Waals surface area contributed by atoms with E-state index in [1.54, 1.807) is 15.7 Å². The van der Waals surface area contributed by atoms with E-state index >= 15 is 0 Å². The lowest BCUT2D eigenvalue weighted by molar-refractivity contribution is 0.580. The first-order valence-electron chi connectivity index (χ1n) is 6.40. The molecule has 1 atom stereocenters. The van der Waals surface area contributed by atoms with Crippen molar-refractivity contribution in [1.29, 1.82) is 0 Å². The number of nitrogens with zero attached hydrogens (tertiary/aromatic N) is 6. The predicted molar refractivity (Wildman–Crippen MR) is 81.0 cm³/mol. The average Bonchev–Trinajstić information content (AvgIpc) is 3.11. The molecule has 1 N–H and O–H groups in total. The highest BCUT2D eigenvalue weighted by Gasteiger charge is 2.23. The largest absolute Gasteiger partial charge is 0.307 e. The molecule has 0 saturated heterocycles. The molecule has 0 aliphatic carbocycles. The molecule has 0 fully saturated rings. The van der Waals surface area contributed by atoms with Crippen molar-refractivity contribution in [3.8, 4) is 5.69 Å². The van der Waals surface area contributed by atoms with Gasteiger partial charge in [-0.1, -0.05) is 23.4 Å². The van der Waals surface area contributed by atoms with Crippen molar-refractivity contribution < 1.29 is 0 Å². The molecule has 3 aromatic rings. The van der Waals surface area contributed by atoms with Crippen molar-refractivity contribution in [2.75, 3.05) is 7.05 Å². The van der Waals surface area contributed by atoms with Crippen LogP contribution in [0.3, 0.4) is 0 Å². The van der Waals surface area contributed by atoms with E-state index in [1.165, 1.54) is 0 Å². The van der Waals surface area contributed by atoms with Crippen LogP contribution in [0, 0.1) is 0 Å². The quantitative estimate of drug-likeness (QED) is 0.773. The average molecular weight is 348 g/mol. The smallest absolute Gasteiger partial charge is 0.153 e. The summed E-state index contributed by atoms with van der Waals surface area (Å²) < 4.78 is 2.41. The van der Waals surface area contributed by atoms with Crippen molar-refractivity contribution in [3.63, 3.8) is 0 Å². The second kappa shape index (κ2) is 5.74. The number of para-hydroxylation sites is 1. The molecule has 1 unspecified atom stereocenters. The summed E-state index contributed by atoms with van der Waals surface area (Å²) in [5.41, 5.74) is 2.62. The van der Waals surface area contributed by atoms with Crippen LogP contribution < -0.4 is 5.32 Å². The number of hydrogen-bond donors (Lipinski definition) is 1. The number of rotatable bonds is 4. The van der Waals surface area contributed by atoms with E-state index in [4.69, 9.17) is 0 Å². The summed E-state index contributed by atoms with van der Waals surface area (Å²) in [7, 11) is 3.71. The van der Waals surface area contributed by atoms with Crippen molar-refractivity contribution in [2.45, 2.75) is 6.04 Å². The molecule has 0 spiro atoms. The van der Waals surface area contributed by atoms with Gasteiger partial charge in [-0.05, 0) is 35.1 Å². The van der Waals surface area contributed by atoms with Gasteiger partial charge in [-0.15, -0.1) is 5.10 Å². The van der Waals surface area contributed by atoms with Crippen molar-refractivity contribution in [3.05, 3.63) is 52.5 Å². The lowest BCUT2D eigenvalue weighted by atomic mass is 10.1. The molecule has 1 aromatic carbocycles. The summed E-state index contributed by atoms with van der Waals surface area (Å²) in [5.74, 6) is 0. The Morgan fingerprint density at radius 1 is 1.24 bits per heavy atom. The van der Waals surface area contributed by atoms with Gasteiger partial charge in [0.2, 0.25) is 0 Å². The van der Waals surface area contributed by atoms with Crippen LogP contribution in [-0.4, -0.2) is 37.0 Å². The third-order valence-corrected chi connectivity index (χ3v) is 3.75. The lowest BCUT2D eigenvalue weighted by Crippen LogP contribution is -2.21. The van der Waals surface area contributed by atoms with E-state index in [-0.39, 0.29) is 6.04 Å². The summed E-state index contributed by atoms with van der Waals surface area (Å²) in [5, 5.41) is 20.1. The van der Waals surface area contributed by atoms with Gasteiger partial charge in [0.25, 0.3) is 0 Å². The maximum atomic E-state index is 4.54. The Morgan fingerprint density at radius 3 is 2.62 bits per heavy atom. The van der Waals surface area contributed by atoms with Gasteiger partial charge >= 0.3 is 0 Å². The first-order valence-corrected chi connectivity index (χ1v) is 7.20. The van der Waals surface area contributed by atoms with Gasteiger partial charge in [-0.2, -0.15) is 15.0 Å². The molecule has 7 nitrogen and oxygen atoms in total. The fourth-order valence-electron chi connectivity index (χ4n) is 2.16. The standard InChI is InChI=1S/C13H14BrN7/c1-15-11(12-13(14)17-19-20(12)2)10-8-16-21(18-10)9-6-4-3-5-7-9/h3-8,11,15H,1-2H3. The second-order valence-electron chi connectivity index (χ2n) is 4.51. The molecular weight excluding hydrogens is 334 g/mol. The minimum absolute atomic E-state index is 0.142. The van der Waals surface area contributed by atoms with Gasteiger partial charge in [0.05, 0.1) is 23.6 Å². The van der Waals surface area contributed by atoms with Crippen LogP contribution in [0.2, 0.25) is 0 Å². The number of aromatic nitrogens is 6. The molecule has 2 heterocycles. The highest BCUT2D eigenvalue weighted by molar-refractivity contribution is 9.10. The molecule has 0 radical (unpaired) electrons. The number of hydrogen-bond acceptors (Lipinski definition) is 5. The second-order valence-corrected chi connectivity index (χ2v) is 5.26.